The minimum absolute atomic E-state index is 0.0394. The zero-order valence-electron chi connectivity index (χ0n) is 14.4. The molecule has 0 atom stereocenters. The Kier molecular flexibility index (Phi) is 3.58. The first-order valence-electron chi connectivity index (χ1n) is 8.24. The normalized spacial score (nSPS) is 11.2. The number of hydrogen-bond donors (Lipinski definition) is 1. The van der Waals surface area contributed by atoms with E-state index in [1.807, 2.05) is 54.6 Å². The average molecular weight is 344 g/mol. The molecule has 0 saturated heterocycles. The highest BCUT2D eigenvalue weighted by molar-refractivity contribution is 6.41. The maximum absolute atomic E-state index is 12.2. The van der Waals surface area contributed by atoms with Crippen LogP contribution in [0.4, 0.5) is 0 Å². The van der Waals surface area contributed by atoms with Crippen LogP contribution in [0.2, 0.25) is 0 Å². The summed E-state index contributed by atoms with van der Waals surface area (Å²) < 4.78 is 1.61. The number of ketones is 2. The number of benzene rings is 2. The van der Waals surface area contributed by atoms with Crippen LogP contribution in [0.15, 0.2) is 54.6 Å². The second kappa shape index (κ2) is 5.81. The van der Waals surface area contributed by atoms with E-state index < -0.39 is 0 Å². The van der Waals surface area contributed by atoms with Gasteiger partial charge in [0, 0.05) is 16.2 Å². The molecule has 0 unspecified atom stereocenters. The van der Waals surface area contributed by atoms with Crippen LogP contribution in [0.3, 0.4) is 0 Å². The van der Waals surface area contributed by atoms with Gasteiger partial charge in [-0.1, -0.05) is 48.5 Å². The van der Waals surface area contributed by atoms with E-state index in [1.165, 1.54) is 13.8 Å². The molecular formula is C21H16N2O3. The largest absolute Gasteiger partial charge is 0.504 e. The number of carbonyl (C=O) groups excluding carboxylic acids is 2. The smallest absolute Gasteiger partial charge is 0.170 e. The number of nitrogens with zero attached hydrogens (tertiary/aromatic N) is 2. The molecule has 2 aromatic heterocycles. The molecule has 4 aromatic rings. The summed E-state index contributed by atoms with van der Waals surface area (Å²) >= 11 is 0. The van der Waals surface area contributed by atoms with Gasteiger partial charge in [-0.05, 0) is 19.9 Å². The Morgan fingerprint density at radius 3 is 2.19 bits per heavy atom. The molecule has 0 radical (unpaired) electrons. The summed E-state index contributed by atoms with van der Waals surface area (Å²) in [6.07, 6.45) is 0. The van der Waals surface area contributed by atoms with Gasteiger partial charge in [-0.3, -0.25) is 9.59 Å². The summed E-state index contributed by atoms with van der Waals surface area (Å²) in [5.41, 5.74) is 2.36. The average Bonchev–Trinajstić information content (AvgIpc) is 3.12. The molecule has 4 rings (SSSR count). The van der Waals surface area contributed by atoms with E-state index in [9.17, 15) is 14.7 Å². The number of aromatic hydroxyl groups is 1. The Balaban J connectivity index is 2.27. The van der Waals surface area contributed by atoms with Crippen molar-refractivity contribution in [3.05, 3.63) is 59.8 Å². The van der Waals surface area contributed by atoms with E-state index in [4.69, 9.17) is 0 Å². The summed E-state index contributed by atoms with van der Waals surface area (Å²) in [6.45, 7) is 2.72. The van der Waals surface area contributed by atoms with Gasteiger partial charge in [0.2, 0.25) is 0 Å². The number of carbonyl (C=O) groups is 2. The lowest BCUT2D eigenvalue weighted by atomic mass is 10.0. The molecule has 5 heteroatoms. The van der Waals surface area contributed by atoms with E-state index >= 15 is 0 Å². The van der Waals surface area contributed by atoms with E-state index in [-0.39, 0.29) is 22.9 Å². The van der Waals surface area contributed by atoms with Crippen molar-refractivity contribution in [3.63, 3.8) is 0 Å². The number of hydrogen-bond acceptors (Lipinski definition) is 4. The molecule has 26 heavy (non-hydrogen) atoms. The molecule has 0 saturated carbocycles. The summed E-state index contributed by atoms with van der Waals surface area (Å²) in [7, 11) is 0. The maximum Gasteiger partial charge on any atom is 0.170 e. The Bertz CT molecular complexity index is 1220. The molecule has 0 aliphatic carbocycles. The van der Waals surface area contributed by atoms with Crippen LogP contribution < -0.4 is 5.22 Å². The van der Waals surface area contributed by atoms with Crippen molar-refractivity contribution in [1.82, 2.24) is 9.61 Å². The van der Waals surface area contributed by atoms with Crippen LogP contribution in [0, 0.1) is 0 Å². The molecule has 128 valence electrons. The van der Waals surface area contributed by atoms with Crippen molar-refractivity contribution in [3.8, 4) is 17.0 Å². The van der Waals surface area contributed by atoms with Crippen LogP contribution >= 0.6 is 0 Å². The number of Topliss-reactive ketones (excluding diaryl/α,β-unsaturated/α-hetero) is 2. The highest BCUT2D eigenvalue weighted by atomic mass is 16.3. The fourth-order valence-corrected chi connectivity index (χ4v) is 3.45. The summed E-state index contributed by atoms with van der Waals surface area (Å²) in [6, 6.07) is 16.7. The van der Waals surface area contributed by atoms with E-state index in [0.29, 0.717) is 21.8 Å². The predicted molar refractivity (Wildman–Crippen MR) is 99.8 cm³/mol. The third-order valence-electron chi connectivity index (χ3n) is 4.50. The molecule has 5 nitrogen and oxygen atoms in total. The molecule has 0 bridgehead atoms. The molecule has 0 spiro atoms. The molecular weight excluding hydrogens is 328 g/mol. The maximum atomic E-state index is 12.2. The number of aromatic nitrogens is 2. The Labute approximate surface area is 149 Å². The monoisotopic (exact) mass is 344 g/mol. The van der Waals surface area contributed by atoms with Crippen molar-refractivity contribution in [1.29, 1.82) is 0 Å². The second-order valence-corrected chi connectivity index (χ2v) is 6.20. The number of para-hydroxylation sites is 1. The fourth-order valence-electron chi connectivity index (χ4n) is 3.45. The van der Waals surface area contributed by atoms with E-state index in [1.54, 1.807) is 4.52 Å². The summed E-state index contributed by atoms with van der Waals surface area (Å²) in [5, 5.41) is 16.6. The zero-order valence-corrected chi connectivity index (χ0v) is 14.4. The lowest BCUT2D eigenvalue weighted by molar-refractivity contribution is -0.116. The van der Waals surface area contributed by atoms with Crippen LogP contribution in [0.5, 0.6) is 5.75 Å². The van der Waals surface area contributed by atoms with Crippen LogP contribution in [0.25, 0.3) is 33.3 Å². The van der Waals surface area contributed by atoms with Crippen LogP contribution in [-0.2, 0) is 9.59 Å². The molecule has 0 aliphatic rings. The predicted octanol–water partition coefficient (Wildman–Crippen LogP) is 2.91. The van der Waals surface area contributed by atoms with Gasteiger partial charge in [-0.15, -0.1) is 0 Å². The van der Waals surface area contributed by atoms with Gasteiger partial charge >= 0.3 is 0 Å². The minimum atomic E-state index is -0.336. The van der Waals surface area contributed by atoms with Crippen LogP contribution in [-0.4, -0.2) is 26.3 Å². The molecule has 2 heterocycles. The SMILES string of the molecule is CC(=O)C(C(C)=O)=c1c2ccccc2n2nc(-c3ccccc3)c(O)c12. The van der Waals surface area contributed by atoms with Crippen molar-refractivity contribution in [2.24, 2.45) is 0 Å². The minimum Gasteiger partial charge on any atom is -0.504 e. The summed E-state index contributed by atoms with van der Waals surface area (Å²) in [4.78, 5) is 24.4. The third kappa shape index (κ3) is 2.21. The van der Waals surface area contributed by atoms with E-state index in [0.717, 1.165) is 11.1 Å². The van der Waals surface area contributed by atoms with Gasteiger partial charge < -0.3 is 5.11 Å². The van der Waals surface area contributed by atoms with E-state index in [2.05, 4.69) is 5.10 Å². The van der Waals surface area contributed by atoms with Crippen LogP contribution in [0.1, 0.15) is 13.8 Å². The first kappa shape index (κ1) is 16.0. The van der Waals surface area contributed by atoms with Crippen molar-refractivity contribution in [2.75, 3.05) is 0 Å². The fraction of sp³-hybridized carbons (Fsp3) is 0.0952. The van der Waals surface area contributed by atoms with Gasteiger partial charge in [-0.25, -0.2) is 4.52 Å². The van der Waals surface area contributed by atoms with Crippen molar-refractivity contribution in [2.45, 2.75) is 13.8 Å². The third-order valence-corrected chi connectivity index (χ3v) is 4.50. The highest BCUT2D eigenvalue weighted by Gasteiger charge is 2.23. The van der Waals surface area contributed by atoms with Gasteiger partial charge in [-0.2, -0.15) is 5.10 Å². The molecule has 0 amide bonds. The van der Waals surface area contributed by atoms with Gasteiger partial charge in [0.1, 0.15) is 11.2 Å². The van der Waals surface area contributed by atoms with Crippen molar-refractivity contribution < 1.29 is 14.7 Å². The first-order chi connectivity index (χ1) is 12.5. The van der Waals surface area contributed by atoms with Gasteiger partial charge in [0.05, 0.1) is 11.1 Å². The Hall–Kier alpha value is -3.47. The topological polar surface area (TPSA) is 71.7 Å². The standard InChI is InChI=1S/C21H16N2O3/c1-12(24)17(13(2)25)18-15-10-6-7-11-16(15)23-20(18)21(26)19(22-23)14-8-4-3-5-9-14/h3-11,26H,1-2H3. The first-order valence-corrected chi connectivity index (χ1v) is 8.24. The number of rotatable bonds is 3. The number of fused-ring (bicyclic) bond motifs is 3. The Morgan fingerprint density at radius 1 is 0.923 bits per heavy atom. The second-order valence-electron chi connectivity index (χ2n) is 6.20. The lowest BCUT2D eigenvalue weighted by Gasteiger charge is -2.00. The van der Waals surface area contributed by atoms with Gasteiger partial charge in [0.25, 0.3) is 0 Å². The van der Waals surface area contributed by atoms with Gasteiger partial charge in [0.15, 0.2) is 17.3 Å². The van der Waals surface area contributed by atoms with Crippen molar-refractivity contribution >= 4 is 33.6 Å². The lowest BCUT2D eigenvalue weighted by Crippen LogP contribution is -2.17. The highest BCUT2D eigenvalue weighted by Crippen LogP contribution is 2.33. The molecule has 0 fully saturated rings. The molecule has 2 aromatic carbocycles. The Morgan fingerprint density at radius 2 is 1.54 bits per heavy atom. The molecule has 0 aliphatic heterocycles. The quantitative estimate of drug-likeness (QED) is 0.580. The zero-order chi connectivity index (χ0) is 18.4. The molecule has 1 N–H and O–H groups in total. The summed E-state index contributed by atoms with van der Waals surface area (Å²) in [5.74, 6) is -0.711.